The number of nitrogens with one attached hydrogen (secondary N) is 1. The minimum absolute atomic E-state index is 0.267. The molecule has 1 amide bonds. The summed E-state index contributed by atoms with van der Waals surface area (Å²) >= 11 is 0. The minimum Gasteiger partial charge on any atom is -0.381 e. The molecule has 1 aliphatic heterocycles. The molecule has 0 bridgehead atoms. The fourth-order valence-electron chi connectivity index (χ4n) is 1.85. The second-order valence-corrected chi connectivity index (χ2v) is 4.16. The van der Waals surface area contributed by atoms with E-state index in [1.54, 1.807) is 0 Å². The van der Waals surface area contributed by atoms with Gasteiger partial charge in [0.1, 0.15) is 0 Å². The van der Waals surface area contributed by atoms with Crippen molar-refractivity contribution in [1.82, 2.24) is 10.3 Å². The number of carbonyl (C=O) groups excluding carboxylic acids is 1. The average Bonchev–Trinajstić information content (AvgIpc) is 2.37. The van der Waals surface area contributed by atoms with Crippen LogP contribution in [0, 0.1) is 11.9 Å². The van der Waals surface area contributed by atoms with Gasteiger partial charge in [0, 0.05) is 31.0 Å². The maximum absolute atomic E-state index is 12.8. The van der Waals surface area contributed by atoms with Crippen LogP contribution in [0.4, 0.5) is 4.39 Å². The molecule has 0 aliphatic carbocycles. The van der Waals surface area contributed by atoms with Gasteiger partial charge in [-0.25, -0.2) is 4.98 Å². The third kappa shape index (κ3) is 3.49. The van der Waals surface area contributed by atoms with Gasteiger partial charge in [0.2, 0.25) is 5.95 Å². The quantitative estimate of drug-likeness (QED) is 0.809. The van der Waals surface area contributed by atoms with E-state index in [0.29, 0.717) is 24.6 Å². The Hall–Kier alpha value is -1.49. The molecule has 0 radical (unpaired) electrons. The van der Waals surface area contributed by atoms with Crippen LogP contribution >= 0.6 is 0 Å². The molecule has 0 aromatic carbocycles. The number of amides is 1. The highest BCUT2D eigenvalue weighted by atomic mass is 19.1. The Morgan fingerprint density at radius 2 is 2.53 bits per heavy atom. The van der Waals surface area contributed by atoms with E-state index in [4.69, 9.17) is 4.74 Å². The van der Waals surface area contributed by atoms with E-state index >= 15 is 0 Å². The van der Waals surface area contributed by atoms with Gasteiger partial charge in [0.05, 0.1) is 6.61 Å². The van der Waals surface area contributed by atoms with Crippen molar-refractivity contribution in [3.05, 3.63) is 29.8 Å². The summed E-state index contributed by atoms with van der Waals surface area (Å²) in [5.74, 6) is -0.546. The Morgan fingerprint density at radius 1 is 1.65 bits per heavy atom. The van der Waals surface area contributed by atoms with E-state index in [9.17, 15) is 9.18 Å². The molecule has 92 valence electrons. The molecule has 0 spiro atoms. The predicted molar refractivity (Wildman–Crippen MR) is 60.1 cm³/mol. The molecule has 1 aromatic heterocycles. The predicted octanol–water partition coefficient (Wildman–Crippen LogP) is 1.38. The summed E-state index contributed by atoms with van der Waals surface area (Å²) in [6, 6.07) is 2.63. The summed E-state index contributed by atoms with van der Waals surface area (Å²) in [5.41, 5.74) is 0.300. The number of halogens is 1. The lowest BCUT2D eigenvalue weighted by molar-refractivity contribution is 0.0536. The van der Waals surface area contributed by atoms with Crippen LogP contribution in [0.25, 0.3) is 0 Å². The van der Waals surface area contributed by atoms with Gasteiger partial charge in [-0.2, -0.15) is 4.39 Å². The van der Waals surface area contributed by atoms with Crippen molar-refractivity contribution in [3.63, 3.8) is 0 Å². The second-order valence-electron chi connectivity index (χ2n) is 4.16. The molecule has 5 heteroatoms. The summed E-state index contributed by atoms with van der Waals surface area (Å²) in [6.07, 6.45) is 3.38. The molecule has 1 unspecified atom stereocenters. The lowest BCUT2D eigenvalue weighted by Gasteiger charge is -2.22. The first-order valence-corrected chi connectivity index (χ1v) is 5.73. The van der Waals surface area contributed by atoms with Gasteiger partial charge in [-0.3, -0.25) is 4.79 Å². The molecule has 0 saturated carbocycles. The molecule has 2 rings (SSSR count). The van der Waals surface area contributed by atoms with Crippen molar-refractivity contribution >= 4 is 5.91 Å². The molecule has 1 fully saturated rings. The number of hydrogen-bond acceptors (Lipinski definition) is 3. The lowest BCUT2D eigenvalue weighted by Crippen LogP contribution is -2.33. The van der Waals surface area contributed by atoms with Crippen LogP contribution in [-0.2, 0) is 4.74 Å². The SMILES string of the molecule is O=C(NCC1CCCOC1)c1ccnc(F)c1. The number of nitrogens with zero attached hydrogens (tertiary/aromatic N) is 1. The van der Waals surface area contributed by atoms with Crippen LogP contribution in [0.5, 0.6) is 0 Å². The van der Waals surface area contributed by atoms with Gasteiger partial charge in [-0.15, -0.1) is 0 Å². The average molecular weight is 238 g/mol. The van der Waals surface area contributed by atoms with Crippen molar-refractivity contribution in [2.45, 2.75) is 12.8 Å². The molecule has 1 atom stereocenters. The molecule has 1 aliphatic rings. The van der Waals surface area contributed by atoms with Gasteiger partial charge in [0.25, 0.3) is 5.91 Å². The minimum atomic E-state index is -0.640. The zero-order chi connectivity index (χ0) is 12.1. The van der Waals surface area contributed by atoms with Gasteiger partial charge in [0.15, 0.2) is 0 Å². The lowest BCUT2D eigenvalue weighted by atomic mass is 10.0. The summed E-state index contributed by atoms with van der Waals surface area (Å²) in [6.45, 7) is 2.06. The molecule has 4 nitrogen and oxygen atoms in total. The van der Waals surface area contributed by atoms with Crippen LogP contribution in [0.2, 0.25) is 0 Å². The number of rotatable bonds is 3. The van der Waals surface area contributed by atoms with E-state index in [0.717, 1.165) is 25.5 Å². The van der Waals surface area contributed by atoms with Crippen molar-refractivity contribution in [2.24, 2.45) is 5.92 Å². The third-order valence-corrected chi connectivity index (χ3v) is 2.79. The number of ether oxygens (including phenoxy) is 1. The topological polar surface area (TPSA) is 51.2 Å². The number of aromatic nitrogens is 1. The van der Waals surface area contributed by atoms with Crippen LogP contribution in [0.1, 0.15) is 23.2 Å². The first kappa shape index (κ1) is 12.0. The standard InChI is InChI=1S/C12H15FN2O2/c13-11-6-10(3-4-14-11)12(16)15-7-9-2-1-5-17-8-9/h3-4,6,9H,1-2,5,7-8H2,(H,15,16). The van der Waals surface area contributed by atoms with Crippen molar-refractivity contribution < 1.29 is 13.9 Å². The third-order valence-electron chi connectivity index (χ3n) is 2.79. The summed E-state index contributed by atoms with van der Waals surface area (Å²) in [4.78, 5) is 15.1. The summed E-state index contributed by atoms with van der Waals surface area (Å²) in [5, 5.41) is 2.78. The highest BCUT2D eigenvalue weighted by molar-refractivity contribution is 5.93. The number of hydrogen-bond donors (Lipinski definition) is 1. The fraction of sp³-hybridized carbons (Fsp3) is 0.500. The van der Waals surface area contributed by atoms with Crippen LogP contribution in [-0.4, -0.2) is 30.6 Å². The molecular weight excluding hydrogens is 223 g/mol. The molecule has 17 heavy (non-hydrogen) atoms. The van der Waals surface area contributed by atoms with Crippen molar-refractivity contribution in [3.8, 4) is 0 Å². The van der Waals surface area contributed by atoms with Gasteiger partial charge < -0.3 is 10.1 Å². The van der Waals surface area contributed by atoms with Gasteiger partial charge in [-0.05, 0) is 24.8 Å². The Balaban J connectivity index is 1.84. The highest BCUT2D eigenvalue weighted by Gasteiger charge is 2.15. The van der Waals surface area contributed by atoms with Crippen molar-refractivity contribution in [1.29, 1.82) is 0 Å². The zero-order valence-corrected chi connectivity index (χ0v) is 9.49. The fourth-order valence-corrected chi connectivity index (χ4v) is 1.85. The van der Waals surface area contributed by atoms with Crippen LogP contribution in [0.3, 0.4) is 0 Å². The first-order chi connectivity index (χ1) is 8.25. The van der Waals surface area contributed by atoms with Crippen LogP contribution < -0.4 is 5.32 Å². The van der Waals surface area contributed by atoms with Gasteiger partial charge in [-0.1, -0.05) is 0 Å². The highest BCUT2D eigenvalue weighted by Crippen LogP contribution is 2.12. The monoisotopic (exact) mass is 238 g/mol. The van der Waals surface area contributed by atoms with E-state index in [1.807, 2.05) is 0 Å². The first-order valence-electron chi connectivity index (χ1n) is 5.73. The molecular formula is C12H15FN2O2. The largest absolute Gasteiger partial charge is 0.381 e. The second kappa shape index (κ2) is 5.72. The molecule has 2 heterocycles. The number of carbonyl (C=O) groups is 1. The van der Waals surface area contributed by atoms with E-state index in [1.165, 1.54) is 12.3 Å². The van der Waals surface area contributed by atoms with Crippen LogP contribution in [0.15, 0.2) is 18.3 Å². The Labute approximate surface area is 99.2 Å². The smallest absolute Gasteiger partial charge is 0.251 e. The molecule has 1 N–H and O–H groups in total. The van der Waals surface area contributed by atoms with E-state index < -0.39 is 5.95 Å². The van der Waals surface area contributed by atoms with E-state index in [2.05, 4.69) is 10.3 Å². The summed E-state index contributed by atoms with van der Waals surface area (Å²) < 4.78 is 18.1. The normalized spacial score (nSPS) is 19.9. The Morgan fingerprint density at radius 3 is 3.24 bits per heavy atom. The Kier molecular flexibility index (Phi) is 4.03. The van der Waals surface area contributed by atoms with Crippen molar-refractivity contribution in [2.75, 3.05) is 19.8 Å². The maximum Gasteiger partial charge on any atom is 0.251 e. The summed E-state index contributed by atoms with van der Waals surface area (Å²) in [7, 11) is 0. The number of pyridine rings is 1. The molecule has 1 saturated heterocycles. The maximum atomic E-state index is 12.8. The molecule has 1 aromatic rings. The van der Waals surface area contributed by atoms with E-state index in [-0.39, 0.29) is 5.91 Å². The Bertz CT molecular complexity index is 392. The van der Waals surface area contributed by atoms with Gasteiger partial charge >= 0.3 is 0 Å². The zero-order valence-electron chi connectivity index (χ0n) is 9.49.